The molecule has 2 saturated heterocycles. The Labute approximate surface area is 271 Å². The molecule has 0 radical (unpaired) electrons. The summed E-state index contributed by atoms with van der Waals surface area (Å²) in [4.78, 5) is 53.0. The normalized spacial score (nSPS) is 19.9. The molecular formula is C36H48N2O8. The molecule has 2 amide bonds. The number of likely N-dealkylation sites (tertiary alicyclic amines) is 2. The molecule has 2 N–H and O–H groups in total. The molecule has 0 unspecified atom stereocenters. The molecule has 4 atom stereocenters. The molecule has 4 rings (SSSR count). The molecule has 250 valence electrons. The first-order valence-electron chi connectivity index (χ1n) is 16.1. The van der Waals surface area contributed by atoms with Gasteiger partial charge in [-0.05, 0) is 101 Å². The van der Waals surface area contributed by atoms with Crippen molar-refractivity contribution in [3.63, 3.8) is 0 Å². The Hall–Kier alpha value is -4.08. The van der Waals surface area contributed by atoms with Gasteiger partial charge in [0.1, 0.15) is 11.2 Å². The molecule has 10 heteroatoms. The summed E-state index contributed by atoms with van der Waals surface area (Å²) in [5.74, 6) is -3.46. The van der Waals surface area contributed by atoms with E-state index in [9.17, 15) is 29.4 Å². The third kappa shape index (κ3) is 9.47. The van der Waals surface area contributed by atoms with Crippen LogP contribution in [-0.4, -0.2) is 81.5 Å². The smallest absolute Gasteiger partial charge is 0.410 e. The Kier molecular flexibility index (Phi) is 10.7. The lowest BCUT2D eigenvalue weighted by Crippen LogP contribution is -2.36. The monoisotopic (exact) mass is 636 g/mol. The minimum Gasteiger partial charge on any atom is -0.481 e. The van der Waals surface area contributed by atoms with Crippen molar-refractivity contribution in [1.29, 1.82) is 0 Å². The first-order chi connectivity index (χ1) is 21.5. The van der Waals surface area contributed by atoms with Crippen LogP contribution in [0.4, 0.5) is 9.59 Å². The second-order valence-electron chi connectivity index (χ2n) is 14.6. The van der Waals surface area contributed by atoms with Crippen LogP contribution < -0.4 is 0 Å². The maximum Gasteiger partial charge on any atom is 0.410 e. The lowest BCUT2D eigenvalue weighted by atomic mass is 9.84. The molecule has 0 aromatic heterocycles. The number of amides is 2. The molecule has 2 aliphatic rings. The van der Waals surface area contributed by atoms with Crippen LogP contribution in [0.1, 0.15) is 65.5 Å². The number of carbonyl (C=O) groups excluding carboxylic acids is 2. The third-order valence-electron chi connectivity index (χ3n) is 8.62. The maximum absolute atomic E-state index is 12.6. The van der Waals surface area contributed by atoms with Crippen LogP contribution in [0.2, 0.25) is 0 Å². The molecule has 2 fully saturated rings. The van der Waals surface area contributed by atoms with Crippen LogP contribution in [0.3, 0.4) is 0 Å². The Bertz CT molecular complexity index is 1320. The summed E-state index contributed by atoms with van der Waals surface area (Å²) in [6.45, 7) is 12.5. The van der Waals surface area contributed by atoms with Crippen molar-refractivity contribution in [2.24, 2.45) is 23.7 Å². The molecule has 0 bridgehead atoms. The van der Waals surface area contributed by atoms with Gasteiger partial charge in [0.2, 0.25) is 0 Å². The highest BCUT2D eigenvalue weighted by Crippen LogP contribution is 2.32. The zero-order chi connectivity index (χ0) is 33.8. The summed E-state index contributed by atoms with van der Waals surface area (Å²) in [7, 11) is 0. The van der Waals surface area contributed by atoms with Gasteiger partial charge in [-0.1, -0.05) is 48.5 Å². The number of rotatable bonds is 9. The average molecular weight is 637 g/mol. The van der Waals surface area contributed by atoms with Gasteiger partial charge < -0.3 is 29.5 Å². The van der Waals surface area contributed by atoms with Crippen LogP contribution in [0.5, 0.6) is 0 Å². The molecular weight excluding hydrogens is 588 g/mol. The highest BCUT2D eigenvalue weighted by molar-refractivity contribution is 5.74. The molecule has 2 heterocycles. The van der Waals surface area contributed by atoms with Gasteiger partial charge in [-0.15, -0.1) is 0 Å². The van der Waals surface area contributed by atoms with Gasteiger partial charge in [-0.2, -0.15) is 0 Å². The van der Waals surface area contributed by atoms with E-state index in [0.717, 1.165) is 22.3 Å². The number of hydrogen-bond acceptors (Lipinski definition) is 6. The molecule has 46 heavy (non-hydrogen) atoms. The molecule has 2 aliphatic heterocycles. The SMILES string of the molecule is CC(C)(C)OC(=O)N1CC[C@H]([C@H](Cc2cccc(-c3cccc(C[C@H](C(=O)O)[C@H]4CCN(C(=O)OC(C)(C)C)C4)c3)c2)C(=O)O)C1. The number of ether oxygens (including phenoxy) is 2. The quantitative estimate of drug-likeness (QED) is 0.325. The lowest BCUT2D eigenvalue weighted by molar-refractivity contribution is -0.144. The van der Waals surface area contributed by atoms with E-state index in [1.54, 1.807) is 9.80 Å². The zero-order valence-electron chi connectivity index (χ0n) is 27.8. The van der Waals surface area contributed by atoms with E-state index >= 15 is 0 Å². The summed E-state index contributed by atoms with van der Waals surface area (Å²) in [6, 6.07) is 15.5. The van der Waals surface area contributed by atoms with Gasteiger partial charge in [0, 0.05) is 26.2 Å². The number of carboxylic acid groups (broad SMARTS) is 2. The fourth-order valence-electron chi connectivity index (χ4n) is 6.39. The van der Waals surface area contributed by atoms with E-state index in [1.165, 1.54) is 0 Å². The standard InChI is InChI=1S/C36H48N2O8/c1-35(2,3)45-33(43)37-15-13-27(21-37)29(31(39)40)19-23-9-7-11-25(17-23)26-12-8-10-24(18-26)20-30(32(41)42)28-14-16-38(22-28)34(44)46-36(4,5)6/h7-12,17-18,27-30H,13-16,19-22H2,1-6H3,(H,39,40)(H,41,42)/t27-,28-,29-,30-/m0/s1. The van der Waals surface area contributed by atoms with Gasteiger partial charge in [0.25, 0.3) is 0 Å². The largest absolute Gasteiger partial charge is 0.481 e. The Morgan fingerprint density at radius 3 is 1.39 bits per heavy atom. The number of benzene rings is 2. The number of carbonyl (C=O) groups is 4. The van der Waals surface area contributed by atoms with E-state index < -0.39 is 47.2 Å². The van der Waals surface area contributed by atoms with Crippen LogP contribution in [-0.2, 0) is 31.9 Å². The Morgan fingerprint density at radius 1 is 0.696 bits per heavy atom. The van der Waals surface area contributed by atoms with E-state index in [0.29, 0.717) is 51.9 Å². The van der Waals surface area contributed by atoms with Gasteiger partial charge in [-0.25, -0.2) is 9.59 Å². The van der Waals surface area contributed by atoms with E-state index in [2.05, 4.69) is 0 Å². The van der Waals surface area contributed by atoms with Crippen molar-refractivity contribution >= 4 is 24.1 Å². The number of nitrogens with zero attached hydrogens (tertiary/aromatic N) is 2. The lowest BCUT2D eigenvalue weighted by Gasteiger charge is -2.25. The third-order valence-corrected chi connectivity index (χ3v) is 8.62. The number of carboxylic acids is 2. The Balaban J connectivity index is 1.43. The number of hydrogen-bond donors (Lipinski definition) is 2. The van der Waals surface area contributed by atoms with Gasteiger partial charge in [0.15, 0.2) is 0 Å². The molecule has 2 aromatic rings. The van der Waals surface area contributed by atoms with Crippen molar-refractivity contribution in [3.8, 4) is 11.1 Å². The van der Waals surface area contributed by atoms with Crippen molar-refractivity contribution in [2.45, 2.75) is 78.4 Å². The predicted molar refractivity (Wildman–Crippen MR) is 173 cm³/mol. The fourth-order valence-corrected chi connectivity index (χ4v) is 6.39. The Morgan fingerprint density at radius 2 is 1.07 bits per heavy atom. The van der Waals surface area contributed by atoms with Crippen molar-refractivity contribution in [1.82, 2.24) is 9.80 Å². The molecule has 10 nitrogen and oxygen atoms in total. The van der Waals surface area contributed by atoms with Crippen LogP contribution in [0, 0.1) is 23.7 Å². The van der Waals surface area contributed by atoms with Crippen LogP contribution in [0.15, 0.2) is 48.5 Å². The predicted octanol–water partition coefficient (Wildman–Crippen LogP) is 6.35. The highest BCUT2D eigenvalue weighted by atomic mass is 16.6. The van der Waals surface area contributed by atoms with Crippen molar-refractivity contribution in [2.75, 3.05) is 26.2 Å². The van der Waals surface area contributed by atoms with Gasteiger partial charge in [-0.3, -0.25) is 9.59 Å². The van der Waals surface area contributed by atoms with Gasteiger partial charge in [0.05, 0.1) is 11.8 Å². The van der Waals surface area contributed by atoms with E-state index in [1.807, 2.05) is 90.1 Å². The van der Waals surface area contributed by atoms with Gasteiger partial charge >= 0.3 is 24.1 Å². The van der Waals surface area contributed by atoms with Crippen LogP contribution in [0.25, 0.3) is 11.1 Å². The highest BCUT2D eigenvalue weighted by Gasteiger charge is 2.38. The summed E-state index contributed by atoms with van der Waals surface area (Å²) in [5.41, 5.74) is 2.34. The summed E-state index contributed by atoms with van der Waals surface area (Å²) in [5, 5.41) is 20.3. The van der Waals surface area contributed by atoms with Crippen molar-refractivity contribution < 1.29 is 38.9 Å². The number of aliphatic carboxylic acids is 2. The maximum atomic E-state index is 12.6. The first-order valence-corrected chi connectivity index (χ1v) is 16.1. The van der Waals surface area contributed by atoms with E-state index in [-0.39, 0.29) is 11.8 Å². The average Bonchev–Trinajstić information content (AvgIpc) is 3.64. The second kappa shape index (κ2) is 14.1. The fraction of sp³-hybridized carbons (Fsp3) is 0.556. The molecule has 0 spiro atoms. The summed E-state index contributed by atoms with van der Waals surface area (Å²) < 4.78 is 11.0. The second-order valence-corrected chi connectivity index (χ2v) is 14.6. The minimum absolute atomic E-state index is 0.188. The minimum atomic E-state index is -0.889. The van der Waals surface area contributed by atoms with Crippen molar-refractivity contribution in [3.05, 3.63) is 59.7 Å². The molecule has 0 saturated carbocycles. The molecule has 2 aromatic carbocycles. The van der Waals surface area contributed by atoms with Crippen LogP contribution >= 0.6 is 0 Å². The summed E-state index contributed by atoms with van der Waals surface area (Å²) in [6.07, 6.45) is 1.01. The summed E-state index contributed by atoms with van der Waals surface area (Å²) >= 11 is 0. The van der Waals surface area contributed by atoms with E-state index in [4.69, 9.17) is 9.47 Å². The first kappa shape index (κ1) is 34.8. The zero-order valence-corrected chi connectivity index (χ0v) is 27.8. The topological polar surface area (TPSA) is 134 Å². The molecule has 0 aliphatic carbocycles.